The lowest BCUT2D eigenvalue weighted by Crippen LogP contribution is -2.43. The fourth-order valence-corrected chi connectivity index (χ4v) is 3.27. The summed E-state index contributed by atoms with van der Waals surface area (Å²) >= 11 is 9.26. The van der Waals surface area contributed by atoms with E-state index >= 15 is 0 Å². The number of hydrogen-bond acceptors (Lipinski definition) is 4. The van der Waals surface area contributed by atoms with Gasteiger partial charge >= 0.3 is 6.09 Å². The molecule has 0 unspecified atom stereocenters. The fraction of sp³-hybridized carbons (Fsp3) is 0.333. The molecule has 0 spiro atoms. The Morgan fingerprint density at radius 2 is 2.10 bits per heavy atom. The highest BCUT2D eigenvalue weighted by Gasteiger charge is 2.21. The number of aromatic amines is 1. The van der Waals surface area contributed by atoms with Crippen molar-refractivity contribution in [1.29, 1.82) is 0 Å². The zero-order valence-corrected chi connectivity index (χ0v) is 18.8. The number of nitrogens with one attached hydrogen (secondary N) is 2. The largest absolute Gasteiger partial charge is 0.488 e. The summed E-state index contributed by atoms with van der Waals surface area (Å²) in [4.78, 5) is 19.6. The molecule has 2 aromatic heterocycles. The number of hydrogen-bond donors (Lipinski definition) is 2. The first kappa shape index (κ1) is 21.5. The molecule has 3 rings (SSSR count). The smallest absolute Gasteiger partial charge is 0.407 e. The number of alkyl carbamates (subject to hydrolysis) is 1. The van der Waals surface area contributed by atoms with Crippen LogP contribution in [0.2, 0.25) is 5.15 Å². The van der Waals surface area contributed by atoms with E-state index in [-0.39, 0.29) is 6.61 Å². The third-order valence-corrected chi connectivity index (χ3v) is 5.21. The fourth-order valence-electron chi connectivity index (χ4n) is 2.84. The number of rotatable bonds is 6. The van der Waals surface area contributed by atoms with Gasteiger partial charge in [-0.2, -0.15) is 0 Å². The number of halogens is 2. The minimum atomic E-state index is -0.494. The van der Waals surface area contributed by atoms with Crippen molar-refractivity contribution < 1.29 is 14.3 Å². The molecular formula is C21H23BrClN3O3. The summed E-state index contributed by atoms with van der Waals surface area (Å²) < 4.78 is 12.1. The Morgan fingerprint density at radius 3 is 2.83 bits per heavy atom. The van der Waals surface area contributed by atoms with Gasteiger partial charge in [0.15, 0.2) is 0 Å². The molecular weight excluding hydrogens is 458 g/mol. The maximum Gasteiger partial charge on any atom is 0.407 e. The number of ether oxygens (including phenoxy) is 2. The Morgan fingerprint density at radius 1 is 1.34 bits per heavy atom. The lowest BCUT2D eigenvalue weighted by molar-refractivity contribution is 0.0609. The minimum absolute atomic E-state index is 0.173. The topological polar surface area (TPSA) is 76.2 Å². The van der Waals surface area contributed by atoms with Crippen molar-refractivity contribution in [2.45, 2.75) is 38.8 Å². The minimum Gasteiger partial charge on any atom is -0.488 e. The molecule has 0 radical (unpaired) electrons. The summed E-state index contributed by atoms with van der Waals surface area (Å²) in [5.74, 6) is 0.532. The van der Waals surface area contributed by atoms with E-state index in [1.807, 2.05) is 51.2 Å². The maximum absolute atomic E-state index is 12.3. The molecule has 2 N–H and O–H groups in total. The lowest BCUT2D eigenvalue weighted by Gasteiger charge is -2.24. The van der Waals surface area contributed by atoms with Crippen LogP contribution in [0, 0.1) is 0 Å². The number of carbonyl (C=O) groups is 1. The molecule has 0 bridgehead atoms. The van der Waals surface area contributed by atoms with Crippen LogP contribution in [0.15, 0.2) is 47.2 Å². The molecule has 1 amide bonds. The molecule has 0 aliphatic heterocycles. The number of fused-ring (bicyclic) bond motifs is 1. The number of carbonyl (C=O) groups excluding carboxylic acids is 1. The van der Waals surface area contributed by atoms with E-state index in [0.29, 0.717) is 21.8 Å². The highest BCUT2D eigenvalue weighted by atomic mass is 79.9. The maximum atomic E-state index is 12.3. The van der Waals surface area contributed by atoms with Crippen LogP contribution in [0.5, 0.6) is 5.75 Å². The van der Waals surface area contributed by atoms with Crippen LogP contribution in [0.4, 0.5) is 4.79 Å². The molecule has 1 aromatic carbocycles. The van der Waals surface area contributed by atoms with Crippen LogP contribution in [0.1, 0.15) is 26.3 Å². The second-order valence-corrected chi connectivity index (χ2v) is 8.93. The van der Waals surface area contributed by atoms with Gasteiger partial charge in [0.2, 0.25) is 0 Å². The molecule has 0 saturated heterocycles. The monoisotopic (exact) mass is 479 g/mol. The standard InChI is InChI=1S/C21H23BrClN3O3/c1-21(2,3)26-20(27)29-15(12-28-14-9-17(22)19(23)25-11-14)8-13-10-24-18-7-5-4-6-16(13)18/h4-7,9-11,15,24H,8,12H2,1-3H3,(H,26,27)/t15-/m0/s1. The van der Waals surface area contributed by atoms with Gasteiger partial charge in [0, 0.05) is 29.1 Å². The average Bonchev–Trinajstić information content (AvgIpc) is 3.04. The number of pyridine rings is 1. The first-order valence-corrected chi connectivity index (χ1v) is 10.4. The van der Waals surface area contributed by atoms with E-state index in [1.165, 1.54) is 6.20 Å². The first-order chi connectivity index (χ1) is 13.7. The van der Waals surface area contributed by atoms with Crippen molar-refractivity contribution in [3.63, 3.8) is 0 Å². The summed E-state index contributed by atoms with van der Waals surface area (Å²) in [6.45, 7) is 5.87. The van der Waals surface area contributed by atoms with Gasteiger partial charge in [-0.3, -0.25) is 0 Å². The van der Waals surface area contributed by atoms with Crippen molar-refractivity contribution in [2.24, 2.45) is 0 Å². The number of nitrogens with zero attached hydrogens (tertiary/aromatic N) is 1. The predicted molar refractivity (Wildman–Crippen MR) is 118 cm³/mol. The number of amides is 1. The van der Waals surface area contributed by atoms with Crippen LogP contribution in [-0.4, -0.2) is 34.3 Å². The Hall–Kier alpha value is -2.25. The molecule has 2 heterocycles. The van der Waals surface area contributed by atoms with Crippen molar-refractivity contribution >= 4 is 44.5 Å². The molecule has 0 saturated carbocycles. The van der Waals surface area contributed by atoms with Gasteiger partial charge in [-0.15, -0.1) is 0 Å². The lowest BCUT2D eigenvalue weighted by atomic mass is 10.1. The van der Waals surface area contributed by atoms with Crippen LogP contribution < -0.4 is 10.1 Å². The summed E-state index contributed by atoms with van der Waals surface area (Å²) in [5.41, 5.74) is 1.69. The van der Waals surface area contributed by atoms with Crippen LogP contribution in [0.3, 0.4) is 0 Å². The molecule has 8 heteroatoms. The second kappa shape index (κ2) is 9.05. The quantitative estimate of drug-likeness (QED) is 0.457. The van der Waals surface area contributed by atoms with E-state index in [4.69, 9.17) is 21.1 Å². The van der Waals surface area contributed by atoms with Crippen molar-refractivity contribution in [3.05, 3.63) is 57.9 Å². The summed E-state index contributed by atoms with van der Waals surface area (Å²) in [6, 6.07) is 9.73. The normalized spacial score (nSPS) is 12.6. The summed E-state index contributed by atoms with van der Waals surface area (Å²) in [7, 11) is 0. The van der Waals surface area contributed by atoms with Crippen molar-refractivity contribution in [2.75, 3.05) is 6.61 Å². The van der Waals surface area contributed by atoms with Gasteiger partial charge in [-0.05, 0) is 54.4 Å². The Bertz CT molecular complexity index is 1000. The number of para-hydroxylation sites is 1. The molecule has 154 valence electrons. The molecule has 6 nitrogen and oxygen atoms in total. The molecule has 3 aromatic rings. The molecule has 0 aliphatic rings. The van der Waals surface area contributed by atoms with Gasteiger partial charge in [0.05, 0.1) is 10.7 Å². The predicted octanol–water partition coefficient (Wildman–Crippen LogP) is 5.49. The number of H-pyrrole nitrogens is 1. The van der Waals surface area contributed by atoms with E-state index in [9.17, 15) is 4.79 Å². The Kier molecular flexibility index (Phi) is 6.70. The molecule has 1 atom stereocenters. The van der Waals surface area contributed by atoms with Crippen LogP contribution >= 0.6 is 27.5 Å². The first-order valence-electron chi connectivity index (χ1n) is 9.19. The van der Waals surface area contributed by atoms with Crippen LogP contribution in [-0.2, 0) is 11.2 Å². The van der Waals surface area contributed by atoms with Gasteiger partial charge in [-0.25, -0.2) is 9.78 Å². The Balaban J connectivity index is 1.75. The van der Waals surface area contributed by atoms with Crippen molar-refractivity contribution in [1.82, 2.24) is 15.3 Å². The number of benzene rings is 1. The van der Waals surface area contributed by atoms with Gasteiger partial charge in [0.1, 0.15) is 23.6 Å². The zero-order chi connectivity index (χ0) is 21.0. The second-order valence-electron chi connectivity index (χ2n) is 7.72. The zero-order valence-electron chi connectivity index (χ0n) is 16.5. The highest BCUT2D eigenvalue weighted by molar-refractivity contribution is 9.10. The summed E-state index contributed by atoms with van der Waals surface area (Å²) in [5, 5.41) is 4.27. The third kappa shape index (κ3) is 6.11. The molecule has 0 aliphatic carbocycles. The van der Waals surface area contributed by atoms with Crippen LogP contribution in [0.25, 0.3) is 10.9 Å². The van der Waals surface area contributed by atoms with E-state index in [1.54, 1.807) is 6.07 Å². The SMILES string of the molecule is CC(C)(C)NC(=O)O[C@H](COc1cnc(Cl)c(Br)c1)Cc1c[nH]c2ccccc12. The van der Waals surface area contributed by atoms with E-state index in [2.05, 4.69) is 31.2 Å². The molecule has 29 heavy (non-hydrogen) atoms. The van der Waals surface area contributed by atoms with E-state index in [0.717, 1.165) is 16.5 Å². The van der Waals surface area contributed by atoms with Gasteiger partial charge < -0.3 is 19.8 Å². The van der Waals surface area contributed by atoms with Gasteiger partial charge in [0.25, 0.3) is 0 Å². The third-order valence-electron chi connectivity index (χ3n) is 4.08. The van der Waals surface area contributed by atoms with Gasteiger partial charge in [-0.1, -0.05) is 29.8 Å². The Labute approximate surface area is 183 Å². The van der Waals surface area contributed by atoms with E-state index < -0.39 is 17.7 Å². The average molecular weight is 481 g/mol. The van der Waals surface area contributed by atoms with Crippen molar-refractivity contribution in [3.8, 4) is 5.75 Å². The summed E-state index contributed by atoms with van der Waals surface area (Å²) in [6.07, 6.45) is 2.99. The molecule has 0 fully saturated rings. The number of aromatic nitrogens is 2. The highest BCUT2D eigenvalue weighted by Crippen LogP contribution is 2.25.